The molecule has 1 heterocycles. The molecule has 6 nitrogen and oxygen atoms in total. The van der Waals surface area contributed by atoms with Crippen LogP contribution in [-0.2, 0) is 4.79 Å². The number of carbonyl (C=O) groups is 1. The SMILES string of the molecule is COc1ccccc1NC(=O)C(C)Sc1n[nH]c(C(C)C)n1. The lowest BCUT2D eigenvalue weighted by atomic mass is 10.2. The van der Waals surface area contributed by atoms with Gasteiger partial charge in [-0.05, 0) is 19.1 Å². The first-order valence-corrected chi connectivity index (χ1v) is 7.92. The molecule has 0 fully saturated rings. The first-order chi connectivity index (χ1) is 10.5. The molecule has 0 aliphatic heterocycles. The maximum atomic E-state index is 12.3. The maximum Gasteiger partial charge on any atom is 0.237 e. The molecule has 1 unspecified atom stereocenters. The van der Waals surface area contributed by atoms with Gasteiger partial charge in [-0.15, -0.1) is 5.10 Å². The lowest BCUT2D eigenvalue weighted by molar-refractivity contribution is -0.115. The zero-order valence-corrected chi connectivity index (χ0v) is 13.9. The Morgan fingerprint density at radius 2 is 2.05 bits per heavy atom. The summed E-state index contributed by atoms with van der Waals surface area (Å²) in [5.41, 5.74) is 0.653. The summed E-state index contributed by atoms with van der Waals surface area (Å²) in [6.07, 6.45) is 0. The predicted octanol–water partition coefficient (Wildman–Crippen LogP) is 3.06. The molecule has 0 spiro atoms. The monoisotopic (exact) mass is 320 g/mol. The van der Waals surface area contributed by atoms with Crippen LogP contribution < -0.4 is 10.1 Å². The second-order valence-electron chi connectivity index (χ2n) is 5.11. The van der Waals surface area contributed by atoms with Crippen molar-refractivity contribution in [3.05, 3.63) is 30.1 Å². The number of carbonyl (C=O) groups excluding carboxylic acids is 1. The summed E-state index contributed by atoms with van der Waals surface area (Å²) in [6, 6.07) is 7.31. The molecule has 0 aliphatic carbocycles. The summed E-state index contributed by atoms with van der Waals surface area (Å²) in [7, 11) is 1.57. The van der Waals surface area contributed by atoms with E-state index in [1.165, 1.54) is 11.8 Å². The molecule has 2 aromatic rings. The smallest absolute Gasteiger partial charge is 0.237 e. The number of amides is 1. The molecule has 0 saturated heterocycles. The Kier molecular flexibility index (Phi) is 5.43. The Morgan fingerprint density at radius 1 is 1.32 bits per heavy atom. The Morgan fingerprint density at radius 3 is 2.68 bits per heavy atom. The van der Waals surface area contributed by atoms with Crippen molar-refractivity contribution in [3.63, 3.8) is 0 Å². The van der Waals surface area contributed by atoms with Gasteiger partial charge < -0.3 is 10.1 Å². The number of hydrogen-bond acceptors (Lipinski definition) is 5. The number of aromatic nitrogens is 3. The van der Waals surface area contributed by atoms with Crippen LogP contribution in [0.2, 0.25) is 0 Å². The molecule has 0 radical (unpaired) electrons. The van der Waals surface area contributed by atoms with E-state index < -0.39 is 0 Å². The Bertz CT molecular complexity index is 642. The molecule has 1 aromatic heterocycles. The summed E-state index contributed by atoms with van der Waals surface area (Å²) in [5, 5.41) is 10.1. The lowest BCUT2D eigenvalue weighted by Crippen LogP contribution is -2.22. The third-order valence-corrected chi connectivity index (χ3v) is 4.01. The average Bonchev–Trinajstić information content (AvgIpc) is 2.96. The van der Waals surface area contributed by atoms with Crippen LogP contribution in [0.5, 0.6) is 5.75 Å². The van der Waals surface area contributed by atoms with Gasteiger partial charge in [0.25, 0.3) is 0 Å². The van der Waals surface area contributed by atoms with Crippen LogP contribution in [0.1, 0.15) is 32.5 Å². The molecule has 1 aromatic carbocycles. The van der Waals surface area contributed by atoms with Crippen LogP contribution in [0.4, 0.5) is 5.69 Å². The molecular weight excluding hydrogens is 300 g/mol. The third kappa shape index (κ3) is 4.00. The van der Waals surface area contributed by atoms with Gasteiger partial charge in [0.15, 0.2) is 0 Å². The van der Waals surface area contributed by atoms with Gasteiger partial charge in [-0.25, -0.2) is 4.98 Å². The fourth-order valence-electron chi connectivity index (χ4n) is 1.76. The molecular formula is C15H20N4O2S. The Labute approximate surface area is 134 Å². The summed E-state index contributed by atoms with van der Waals surface area (Å²) < 4.78 is 5.22. The van der Waals surface area contributed by atoms with Gasteiger partial charge >= 0.3 is 0 Å². The van der Waals surface area contributed by atoms with Gasteiger partial charge in [-0.3, -0.25) is 9.89 Å². The van der Waals surface area contributed by atoms with Gasteiger partial charge in [0.05, 0.1) is 18.0 Å². The third-order valence-electron chi connectivity index (χ3n) is 3.05. The lowest BCUT2D eigenvalue weighted by Gasteiger charge is -2.12. The molecule has 0 bridgehead atoms. The van der Waals surface area contributed by atoms with E-state index in [0.717, 1.165) is 5.82 Å². The Hall–Kier alpha value is -2.02. The predicted molar refractivity (Wildman–Crippen MR) is 87.4 cm³/mol. The van der Waals surface area contributed by atoms with Crippen LogP contribution >= 0.6 is 11.8 Å². The van der Waals surface area contributed by atoms with Crippen molar-refractivity contribution >= 4 is 23.4 Å². The van der Waals surface area contributed by atoms with Crippen LogP contribution in [-0.4, -0.2) is 33.4 Å². The molecule has 1 amide bonds. The van der Waals surface area contributed by atoms with Crippen LogP contribution in [0.15, 0.2) is 29.4 Å². The number of anilines is 1. The summed E-state index contributed by atoms with van der Waals surface area (Å²) in [4.78, 5) is 16.6. The molecule has 2 N–H and O–H groups in total. The van der Waals surface area contributed by atoms with E-state index in [0.29, 0.717) is 16.6 Å². The number of ether oxygens (including phenoxy) is 1. The minimum absolute atomic E-state index is 0.120. The minimum atomic E-state index is -0.319. The fraction of sp³-hybridized carbons (Fsp3) is 0.400. The fourth-order valence-corrected chi connectivity index (χ4v) is 2.49. The van der Waals surface area contributed by atoms with Crippen LogP contribution in [0.3, 0.4) is 0 Å². The molecule has 22 heavy (non-hydrogen) atoms. The number of rotatable bonds is 6. The largest absolute Gasteiger partial charge is 0.495 e. The average molecular weight is 320 g/mol. The van der Waals surface area contributed by atoms with Gasteiger partial charge in [0.1, 0.15) is 11.6 Å². The van der Waals surface area contributed by atoms with E-state index in [1.807, 2.05) is 32.9 Å². The number of nitrogens with zero attached hydrogens (tertiary/aromatic N) is 2. The summed E-state index contributed by atoms with van der Waals surface area (Å²) >= 11 is 1.32. The molecule has 1 atom stereocenters. The number of methoxy groups -OCH3 is 1. The molecule has 0 saturated carbocycles. The van der Waals surface area contributed by atoms with Crippen molar-refractivity contribution in [2.75, 3.05) is 12.4 Å². The zero-order valence-electron chi connectivity index (χ0n) is 13.1. The number of nitrogens with one attached hydrogen (secondary N) is 2. The quantitative estimate of drug-likeness (QED) is 0.800. The van der Waals surface area contributed by atoms with Crippen LogP contribution in [0, 0.1) is 0 Å². The molecule has 0 aliphatic rings. The topological polar surface area (TPSA) is 79.9 Å². The van der Waals surface area contributed by atoms with Gasteiger partial charge in [0, 0.05) is 5.92 Å². The van der Waals surface area contributed by atoms with Crippen LogP contribution in [0.25, 0.3) is 0 Å². The van der Waals surface area contributed by atoms with Gasteiger partial charge in [-0.1, -0.05) is 37.7 Å². The van der Waals surface area contributed by atoms with Crippen molar-refractivity contribution in [2.45, 2.75) is 37.1 Å². The molecule has 118 valence electrons. The first kappa shape index (κ1) is 16.4. The summed E-state index contributed by atoms with van der Waals surface area (Å²) in [6.45, 7) is 5.89. The van der Waals surface area contributed by atoms with Crippen molar-refractivity contribution in [1.82, 2.24) is 15.2 Å². The summed E-state index contributed by atoms with van der Waals surface area (Å²) in [5.74, 6) is 1.61. The normalized spacial score (nSPS) is 12.2. The standard InChI is InChI=1S/C15H20N4O2S/c1-9(2)13-17-15(19-18-13)22-10(3)14(20)16-11-7-5-6-8-12(11)21-4/h5-10H,1-4H3,(H,16,20)(H,17,18,19). The van der Waals surface area contributed by atoms with Crippen molar-refractivity contribution in [3.8, 4) is 5.75 Å². The first-order valence-electron chi connectivity index (χ1n) is 7.04. The van der Waals surface area contributed by atoms with Gasteiger partial charge in [0.2, 0.25) is 11.1 Å². The number of H-pyrrole nitrogens is 1. The highest BCUT2D eigenvalue weighted by Gasteiger charge is 2.18. The van der Waals surface area contributed by atoms with Crippen molar-refractivity contribution in [1.29, 1.82) is 0 Å². The highest BCUT2D eigenvalue weighted by molar-refractivity contribution is 8.00. The zero-order chi connectivity index (χ0) is 16.1. The maximum absolute atomic E-state index is 12.3. The van der Waals surface area contributed by atoms with E-state index in [4.69, 9.17) is 4.74 Å². The molecule has 2 rings (SSSR count). The number of thioether (sulfide) groups is 1. The Balaban J connectivity index is 1.99. The molecule has 7 heteroatoms. The highest BCUT2D eigenvalue weighted by Crippen LogP contribution is 2.26. The van der Waals surface area contributed by atoms with Crippen molar-refractivity contribution in [2.24, 2.45) is 0 Å². The second-order valence-corrected chi connectivity index (χ2v) is 6.42. The van der Waals surface area contributed by atoms with E-state index in [2.05, 4.69) is 20.5 Å². The second kappa shape index (κ2) is 7.31. The highest BCUT2D eigenvalue weighted by atomic mass is 32.2. The number of benzene rings is 1. The number of para-hydroxylation sites is 2. The van der Waals surface area contributed by atoms with Crippen molar-refractivity contribution < 1.29 is 9.53 Å². The number of hydrogen-bond donors (Lipinski definition) is 2. The van der Waals surface area contributed by atoms with E-state index >= 15 is 0 Å². The minimum Gasteiger partial charge on any atom is -0.495 e. The van der Waals surface area contributed by atoms with E-state index in [9.17, 15) is 4.79 Å². The van der Waals surface area contributed by atoms with E-state index in [1.54, 1.807) is 19.2 Å². The number of aromatic amines is 1. The van der Waals surface area contributed by atoms with Gasteiger partial charge in [-0.2, -0.15) is 0 Å². The van der Waals surface area contributed by atoms with E-state index in [-0.39, 0.29) is 17.1 Å².